The maximum atomic E-state index is 12.5. The van der Waals surface area contributed by atoms with Crippen molar-refractivity contribution in [3.8, 4) is 0 Å². The molecule has 0 bridgehead atoms. The first kappa shape index (κ1) is 17.3. The van der Waals surface area contributed by atoms with E-state index in [2.05, 4.69) is 5.32 Å². The van der Waals surface area contributed by atoms with Crippen molar-refractivity contribution in [1.82, 2.24) is 10.2 Å². The van der Waals surface area contributed by atoms with Crippen LogP contribution in [0.2, 0.25) is 0 Å². The minimum atomic E-state index is -4.40. The standard InChI is InChI=1S/C16H19F3N2O2/c1-11(22)21-8-6-12(7-9-21)10-20-15(23)13-2-4-14(5-3-13)16(17,18)19/h2-5,12H,6-10H2,1H3,(H,20,23). The van der Waals surface area contributed by atoms with E-state index in [0.717, 1.165) is 25.0 Å². The highest BCUT2D eigenvalue weighted by Gasteiger charge is 2.30. The molecule has 126 valence electrons. The molecule has 7 heteroatoms. The molecule has 1 heterocycles. The molecule has 1 aliphatic rings. The van der Waals surface area contributed by atoms with E-state index >= 15 is 0 Å². The number of nitrogens with one attached hydrogen (secondary N) is 1. The average molecular weight is 328 g/mol. The SMILES string of the molecule is CC(=O)N1CCC(CNC(=O)c2ccc(C(F)(F)F)cc2)CC1. The Labute approximate surface area is 132 Å². The van der Waals surface area contributed by atoms with Crippen LogP contribution in [0.25, 0.3) is 0 Å². The fourth-order valence-electron chi connectivity index (χ4n) is 2.60. The molecule has 23 heavy (non-hydrogen) atoms. The van der Waals surface area contributed by atoms with Gasteiger partial charge in [-0.25, -0.2) is 0 Å². The quantitative estimate of drug-likeness (QED) is 0.927. The third kappa shape index (κ3) is 4.71. The van der Waals surface area contributed by atoms with Gasteiger partial charge in [0.1, 0.15) is 0 Å². The van der Waals surface area contributed by atoms with Gasteiger partial charge in [-0.1, -0.05) is 0 Å². The van der Waals surface area contributed by atoms with Crippen LogP contribution in [-0.2, 0) is 11.0 Å². The molecule has 1 aromatic rings. The lowest BCUT2D eigenvalue weighted by atomic mass is 9.96. The van der Waals surface area contributed by atoms with E-state index in [1.54, 1.807) is 4.90 Å². The lowest BCUT2D eigenvalue weighted by Gasteiger charge is -2.31. The van der Waals surface area contributed by atoms with E-state index in [0.29, 0.717) is 19.6 Å². The Kier molecular flexibility index (Phi) is 5.28. The predicted octanol–water partition coefficient (Wildman–Crippen LogP) is 2.69. The number of halogens is 3. The molecule has 0 aliphatic carbocycles. The minimum absolute atomic E-state index is 0.0530. The summed E-state index contributed by atoms with van der Waals surface area (Å²) in [7, 11) is 0. The maximum Gasteiger partial charge on any atom is 0.416 e. The molecule has 1 fully saturated rings. The Bertz CT molecular complexity index is 562. The molecule has 2 amide bonds. The molecule has 0 atom stereocenters. The third-order valence-electron chi connectivity index (χ3n) is 4.09. The first-order chi connectivity index (χ1) is 10.8. The van der Waals surface area contributed by atoms with Gasteiger partial charge in [0.15, 0.2) is 0 Å². The van der Waals surface area contributed by atoms with Crippen LogP contribution in [0.3, 0.4) is 0 Å². The zero-order valence-corrected chi connectivity index (χ0v) is 12.8. The fraction of sp³-hybridized carbons (Fsp3) is 0.500. The number of amides is 2. The molecule has 0 radical (unpaired) electrons. The van der Waals surface area contributed by atoms with Gasteiger partial charge in [-0.05, 0) is 43.0 Å². The Morgan fingerprint density at radius 2 is 1.74 bits per heavy atom. The van der Waals surface area contributed by atoms with Crippen molar-refractivity contribution < 1.29 is 22.8 Å². The Morgan fingerprint density at radius 3 is 2.22 bits per heavy atom. The molecule has 0 saturated carbocycles. The maximum absolute atomic E-state index is 12.5. The van der Waals surface area contributed by atoms with Gasteiger partial charge in [-0.3, -0.25) is 9.59 Å². The molecule has 0 aromatic heterocycles. The van der Waals surface area contributed by atoms with Crippen LogP contribution in [0.15, 0.2) is 24.3 Å². The zero-order valence-electron chi connectivity index (χ0n) is 12.8. The molecule has 1 saturated heterocycles. The predicted molar refractivity (Wildman–Crippen MR) is 78.8 cm³/mol. The van der Waals surface area contributed by atoms with E-state index in [4.69, 9.17) is 0 Å². The van der Waals surface area contributed by atoms with Crippen LogP contribution in [0.1, 0.15) is 35.7 Å². The molecule has 1 N–H and O–H groups in total. The molecule has 0 unspecified atom stereocenters. The van der Waals surface area contributed by atoms with Crippen LogP contribution in [0, 0.1) is 5.92 Å². The van der Waals surface area contributed by atoms with Crippen molar-refractivity contribution in [2.24, 2.45) is 5.92 Å². The summed E-state index contributed by atoms with van der Waals surface area (Å²) in [4.78, 5) is 25.0. The minimum Gasteiger partial charge on any atom is -0.352 e. The number of alkyl halides is 3. The summed E-state index contributed by atoms with van der Waals surface area (Å²) < 4.78 is 37.4. The van der Waals surface area contributed by atoms with Gasteiger partial charge in [0.2, 0.25) is 5.91 Å². The van der Waals surface area contributed by atoms with E-state index in [1.807, 2.05) is 0 Å². The van der Waals surface area contributed by atoms with Gasteiger partial charge in [-0.2, -0.15) is 13.2 Å². The number of rotatable bonds is 3. The summed E-state index contributed by atoms with van der Waals surface area (Å²) in [6, 6.07) is 4.16. The molecular weight excluding hydrogens is 309 g/mol. The first-order valence-electron chi connectivity index (χ1n) is 7.48. The van der Waals surface area contributed by atoms with Crippen LogP contribution in [-0.4, -0.2) is 36.3 Å². The van der Waals surface area contributed by atoms with E-state index < -0.39 is 11.7 Å². The highest BCUT2D eigenvalue weighted by atomic mass is 19.4. The Morgan fingerprint density at radius 1 is 1.17 bits per heavy atom. The second kappa shape index (κ2) is 7.02. The number of nitrogens with zero attached hydrogens (tertiary/aromatic N) is 1. The van der Waals surface area contributed by atoms with Gasteiger partial charge in [0, 0.05) is 32.1 Å². The van der Waals surface area contributed by atoms with Gasteiger partial charge >= 0.3 is 6.18 Å². The van der Waals surface area contributed by atoms with Gasteiger partial charge in [-0.15, -0.1) is 0 Å². The number of hydrogen-bond donors (Lipinski definition) is 1. The van der Waals surface area contributed by atoms with Gasteiger partial charge in [0.25, 0.3) is 5.91 Å². The monoisotopic (exact) mass is 328 g/mol. The average Bonchev–Trinajstić information content (AvgIpc) is 2.52. The van der Waals surface area contributed by atoms with E-state index in [-0.39, 0.29) is 23.3 Å². The van der Waals surface area contributed by atoms with Crippen LogP contribution in [0.5, 0.6) is 0 Å². The number of carbonyl (C=O) groups excluding carboxylic acids is 2. The molecular formula is C16H19F3N2O2. The van der Waals surface area contributed by atoms with Crippen molar-refractivity contribution >= 4 is 11.8 Å². The summed E-state index contributed by atoms with van der Waals surface area (Å²) in [5, 5.41) is 2.75. The first-order valence-corrected chi connectivity index (χ1v) is 7.48. The highest BCUT2D eigenvalue weighted by molar-refractivity contribution is 5.94. The molecule has 0 spiro atoms. The van der Waals surface area contributed by atoms with Crippen molar-refractivity contribution in [3.63, 3.8) is 0 Å². The second-order valence-electron chi connectivity index (χ2n) is 5.73. The second-order valence-corrected chi connectivity index (χ2v) is 5.73. The number of piperidine rings is 1. The normalized spacial score (nSPS) is 16.3. The summed E-state index contributed by atoms with van der Waals surface area (Å²) in [6.45, 7) is 3.35. The number of likely N-dealkylation sites (tertiary alicyclic amines) is 1. The van der Waals surface area contributed by atoms with Gasteiger partial charge < -0.3 is 10.2 Å². The summed E-state index contributed by atoms with van der Waals surface area (Å²) in [6.07, 6.45) is -2.78. The van der Waals surface area contributed by atoms with Crippen molar-refractivity contribution in [3.05, 3.63) is 35.4 Å². The summed E-state index contributed by atoms with van der Waals surface area (Å²) >= 11 is 0. The smallest absolute Gasteiger partial charge is 0.352 e. The van der Waals surface area contributed by atoms with E-state index in [1.165, 1.54) is 19.1 Å². The number of carbonyl (C=O) groups is 2. The van der Waals surface area contributed by atoms with Gasteiger partial charge in [0.05, 0.1) is 5.56 Å². The molecule has 1 aromatic carbocycles. The van der Waals surface area contributed by atoms with E-state index in [9.17, 15) is 22.8 Å². The van der Waals surface area contributed by atoms with Crippen molar-refractivity contribution in [2.75, 3.05) is 19.6 Å². The van der Waals surface area contributed by atoms with Crippen molar-refractivity contribution in [2.45, 2.75) is 25.9 Å². The topological polar surface area (TPSA) is 49.4 Å². The van der Waals surface area contributed by atoms with Crippen LogP contribution >= 0.6 is 0 Å². The lowest BCUT2D eigenvalue weighted by molar-refractivity contribution is -0.137. The Balaban J connectivity index is 1.82. The fourth-order valence-corrected chi connectivity index (χ4v) is 2.60. The number of hydrogen-bond acceptors (Lipinski definition) is 2. The zero-order chi connectivity index (χ0) is 17.0. The number of benzene rings is 1. The highest BCUT2D eigenvalue weighted by Crippen LogP contribution is 2.29. The molecule has 1 aliphatic heterocycles. The lowest BCUT2D eigenvalue weighted by Crippen LogP contribution is -2.40. The molecule has 4 nitrogen and oxygen atoms in total. The van der Waals surface area contributed by atoms with Crippen LogP contribution < -0.4 is 5.32 Å². The third-order valence-corrected chi connectivity index (χ3v) is 4.09. The summed E-state index contributed by atoms with van der Waals surface area (Å²) in [5.41, 5.74) is -0.565. The Hall–Kier alpha value is -2.05. The van der Waals surface area contributed by atoms with Crippen molar-refractivity contribution in [1.29, 1.82) is 0 Å². The summed E-state index contributed by atoms with van der Waals surface area (Å²) in [5.74, 6) is -0.0473. The van der Waals surface area contributed by atoms with Crippen LogP contribution in [0.4, 0.5) is 13.2 Å². The largest absolute Gasteiger partial charge is 0.416 e. The molecule has 2 rings (SSSR count).